The molecule has 0 aliphatic carbocycles. The predicted molar refractivity (Wildman–Crippen MR) is 119 cm³/mol. The highest BCUT2D eigenvalue weighted by atomic mass is 32.2. The molecule has 0 bridgehead atoms. The van der Waals surface area contributed by atoms with E-state index in [-0.39, 0.29) is 0 Å². The Morgan fingerprint density at radius 1 is 1.07 bits per heavy atom. The number of morpholine rings is 1. The van der Waals surface area contributed by atoms with E-state index in [1.165, 1.54) is 17.4 Å². The number of aromatic nitrogens is 2. The second-order valence-electron chi connectivity index (χ2n) is 6.61. The average molecular weight is 423 g/mol. The van der Waals surface area contributed by atoms with Crippen LogP contribution in [0.2, 0.25) is 0 Å². The fraction of sp³-hybridized carbons (Fsp3) is 0.190. The van der Waals surface area contributed by atoms with Crippen LogP contribution < -0.4 is 21.3 Å². The number of hydrogen-bond acceptors (Lipinski definition) is 7. The van der Waals surface area contributed by atoms with Crippen molar-refractivity contribution in [2.45, 2.75) is 9.92 Å². The molecule has 0 unspecified atom stereocenters. The molecule has 0 atom stereocenters. The summed E-state index contributed by atoms with van der Waals surface area (Å²) in [5.74, 6) is 0.519. The number of carbonyl (C=O) groups is 1. The van der Waals surface area contributed by atoms with Gasteiger partial charge in [-0.2, -0.15) is 0 Å². The van der Waals surface area contributed by atoms with Gasteiger partial charge in [0.1, 0.15) is 5.03 Å². The van der Waals surface area contributed by atoms with Crippen molar-refractivity contribution in [2.75, 3.05) is 41.8 Å². The number of carbonyl (C=O) groups excluding carboxylic acids is 1. The molecule has 8 nitrogen and oxygen atoms in total. The first-order chi connectivity index (χ1) is 14.7. The van der Waals surface area contributed by atoms with Crippen molar-refractivity contribution in [2.24, 2.45) is 5.73 Å². The van der Waals surface area contributed by atoms with Gasteiger partial charge in [0.15, 0.2) is 0 Å². The molecule has 1 aromatic heterocycles. The highest BCUT2D eigenvalue weighted by Crippen LogP contribution is 2.29. The van der Waals surface area contributed by atoms with Crippen LogP contribution in [0.15, 0.2) is 70.7 Å². The molecule has 30 heavy (non-hydrogen) atoms. The Morgan fingerprint density at radius 2 is 1.87 bits per heavy atom. The summed E-state index contributed by atoms with van der Waals surface area (Å²) < 4.78 is 5.40. The average Bonchev–Trinajstić information content (AvgIpc) is 2.75. The monoisotopic (exact) mass is 422 g/mol. The molecule has 2 heterocycles. The van der Waals surface area contributed by atoms with E-state index in [1.54, 1.807) is 12.3 Å². The number of anilines is 4. The predicted octanol–water partition coefficient (Wildman–Crippen LogP) is 3.70. The van der Waals surface area contributed by atoms with E-state index in [0.29, 0.717) is 11.6 Å². The normalized spacial score (nSPS) is 13.7. The highest BCUT2D eigenvalue weighted by molar-refractivity contribution is 7.99. The third-order valence-corrected chi connectivity index (χ3v) is 5.38. The quantitative estimate of drug-likeness (QED) is 0.520. The molecule has 1 aliphatic heterocycles. The topological polar surface area (TPSA) is 105 Å². The number of rotatable bonds is 6. The number of nitrogens with one attached hydrogen (secondary N) is 2. The van der Waals surface area contributed by atoms with E-state index in [9.17, 15) is 4.79 Å². The lowest BCUT2D eigenvalue weighted by atomic mass is 10.2. The summed E-state index contributed by atoms with van der Waals surface area (Å²) in [7, 11) is 0. The molecule has 1 aliphatic rings. The molecule has 4 rings (SSSR count). The number of urea groups is 1. The summed E-state index contributed by atoms with van der Waals surface area (Å²) in [6.45, 7) is 3.34. The summed E-state index contributed by atoms with van der Waals surface area (Å²) in [5, 5.41) is 6.60. The fourth-order valence-electron chi connectivity index (χ4n) is 3.07. The molecule has 2 aromatic carbocycles. The fourth-order valence-corrected chi connectivity index (χ4v) is 3.90. The first-order valence-electron chi connectivity index (χ1n) is 9.53. The number of nitrogens with two attached hydrogens (primary N) is 1. The minimum Gasteiger partial charge on any atom is -0.378 e. The summed E-state index contributed by atoms with van der Waals surface area (Å²) in [4.78, 5) is 23.2. The van der Waals surface area contributed by atoms with Crippen LogP contribution in [-0.2, 0) is 4.74 Å². The molecule has 1 saturated heterocycles. The number of benzene rings is 2. The minimum absolute atomic E-state index is 0.519. The molecular weight excluding hydrogens is 400 g/mol. The molecule has 1 fully saturated rings. The second kappa shape index (κ2) is 9.47. The van der Waals surface area contributed by atoms with Crippen LogP contribution >= 0.6 is 11.8 Å². The molecule has 0 spiro atoms. The Kier molecular flexibility index (Phi) is 6.31. The Labute approximate surface area is 178 Å². The molecule has 154 valence electrons. The molecule has 3 aromatic rings. The van der Waals surface area contributed by atoms with Gasteiger partial charge in [0.25, 0.3) is 0 Å². The van der Waals surface area contributed by atoms with Crippen molar-refractivity contribution in [1.82, 2.24) is 9.97 Å². The van der Waals surface area contributed by atoms with Gasteiger partial charge >= 0.3 is 6.03 Å². The van der Waals surface area contributed by atoms with Crippen molar-refractivity contribution < 1.29 is 9.53 Å². The van der Waals surface area contributed by atoms with Crippen molar-refractivity contribution in [3.63, 3.8) is 0 Å². The van der Waals surface area contributed by atoms with Gasteiger partial charge in [-0.1, -0.05) is 17.8 Å². The maximum absolute atomic E-state index is 11.0. The van der Waals surface area contributed by atoms with Crippen molar-refractivity contribution in [3.8, 4) is 0 Å². The van der Waals surface area contributed by atoms with Gasteiger partial charge in [-0.3, -0.25) is 0 Å². The van der Waals surface area contributed by atoms with Crippen LogP contribution in [0, 0.1) is 0 Å². The number of nitrogens with zero attached hydrogens (tertiary/aromatic N) is 3. The lowest BCUT2D eigenvalue weighted by molar-refractivity contribution is 0.122. The van der Waals surface area contributed by atoms with Gasteiger partial charge in [0, 0.05) is 41.2 Å². The highest BCUT2D eigenvalue weighted by Gasteiger charge is 2.11. The van der Waals surface area contributed by atoms with Crippen LogP contribution in [0.25, 0.3) is 0 Å². The first-order valence-corrected chi connectivity index (χ1v) is 10.3. The number of primary amides is 1. The standard InChI is InChI=1S/C21H22N6O2S/c22-20(28)24-16-2-1-3-18(14-16)30-19-8-9-23-21(26-19)25-15-4-6-17(7-5-15)27-10-12-29-13-11-27/h1-9,14H,10-13H2,(H3,22,24,28)(H,23,25,26). The van der Waals surface area contributed by atoms with Crippen LogP contribution in [0.5, 0.6) is 0 Å². The van der Waals surface area contributed by atoms with Gasteiger partial charge in [0.05, 0.1) is 13.2 Å². The van der Waals surface area contributed by atoms with Gasteiger partial charge in [-0.25, -0.2) is 14.8 Å². The van der Waals surface area contributed by atoms with E-state index < -0.39 is 6.03 Å². The van der Waals surface area contributed by atoms with E-state index in [2.05, 4.69) is 37.6 Å². The third-order valence-electron chi connectivity index (χ3n) is 4.45. The number of amides is 2. The number of ether oxygens (including phenoxy) is 1. The van der Waals surface area contributed by atoms with Crippen molar-refractivity contribution in [1.29, 1.82) is 0 Å². The Hall–Kier alpha value is -3.30. The Bertz CT molecular complexity index is 1010. The zero-order valence-corrected chi connectivity index (χ0v) is 17.1. The third kappa shape index (κ3) is 5.40. The molecule has 4 N–H and O–H groups in total. The van der Waals surface area contributed by atoms with Crippen LogP contribution in [-0.4, -0.2) is 42.3 Å². The van der Waals surface area contributed by atoms with Crippen molar-refractivity contribution in [3.05, 3.63) is 60.8 Å². The molecule has 0 radical (unpaired) electrons. The van der Waals surface area contributed by atoms with Gasteiger partial charge in [-0.05, 0) is 48.5 Å². The first kappa shape index (κ1) is 20.0. The van der Waals surface area contributed by atoms with Crippen molar-refractivity contribution >= 4 is 40.8 Å². The summed E-state index contributed by atoms with van der Waals surface area (Å²) in [6.07, 6.45) is 1.71. The lowest BCUT2D eigenvalue weighted by Crippen LogP contribution is -2.36. The summed E-state index contributed by atoms with van der Waals surface area (Å²) >= 11 is 1.47. The SMILES string of the molecule is NC(=O)Nc1cccc(Sc2ccnc(Nc3ccc(N4CCOCC4)cc3)n2)c1. The maximum atomic E-state index is 11.0. The van der Waals surface area contributed by atoms with Crippen LogP contribution in [0.1, 0.15) is 0 Å². The zero-order chi connectivity index (χ0) is 20.8. The van der Waals surface area contributed by atoms with Gasteiger partial charge < -0.3 is 26.0 Å². The summed E-state index contributed by atoms with van der Waals surface area (Å²) in [6, 6.07) is 16.9. The summed E-state index contributed by atoms with van der Waals surface area (Å²) in [5.41, 5.74) is 7.91. The maximum Gasteiger partial charge on any atom is 0.316 e. The Balaban J connectivity index is 1.41. The van der Waals surface area contributed by atoms with E-state index in [0.717, 1.165) is 41.9 Å². The Morgan fingerprint density at radius 3 is 2.63 bits per heavy atom. The van der Waals surface area contributed by atoms with Gasteiger partial charge in [0.2, 0.25) is 5.95 Å². The molecule has 9 heteroatoms. The van der Waals surface area contributed by atoms with E-state index in [1.807, 2.05) is 36.4 Å². The second-order valence-corrected chi connectivity index (χ2v) is 7.70. The molecular formula is C21H22N6O2S. The molecule has 2 amide bonds. The van der Waals surface area contributed by atoms with Gasteiger partial charge in [-0.15, -0.1) is 0 Å². The van der Waals surface area contributed by atoms with Crippen LogP contribution in [0.3, 0.4) is 0 Å². The minimum atomic E-state index is -0.592. The zero-order valence-electron chi connectivity index (χ0n) is 16.2. The largest absolute Gasteiger partial charge is 0.378 e. The smallest absolute Gasteiger partial charge is 0.316 e. The van der Waals surface area contributed by atoms with E-state index in [4.69, 9.17) is 10.5 Å². The van der Waals surface area contributed by atoms with Crippen LogP contribution in [0.4, 0.5) is 27.8 Å². The lowest BCUT2D eigenvalue weighted by Gasteiger charge is -2.28. The molecule has 0 saturated carbocycles. The van der Waals surface area contributed by atoms with E-state index >= 15 is 0 Å². The number of hydrogen-bond donors (Lipinski definition) is 3.